The Morgan fingerprint density at radius 3 is 2.64 bits per heavy atom. The van der Waals surface area contributed by atoms with E-state index >= 15 is 0 Å². The number of aliphatic hydroxyl groups is 1. The van der Waals surface area contributed by atoms with Crippen LogP contribution in [0.1, 0.15) is 13.8 Å². The first-order valence-corrected chi connectivity index (χ1v) is 4.88. The van der Waals surface area contributed by atoms with E-state index in [1.807, 2.05) is 13.8 Å². The lowest BCUT2D eigenvalue weighted by molar-refractivity contribution is -0.277. The molecular formula is C9H14O5. The fourth-order valence-electron chi connectivity index (χ4n) is 2.32. The smallest absolute Gasteiger partial charge is 0.187 e. The summed E-state index contributed by atoms with van der Waals surface area (Å²) in [4.78, 5) is 0. The molecule has 3 aliphatic rings. The summed E-state index contributed by atoms with van der Waals surface area (Å²) in [5, 5.41) is 9.63. The van der Waals surface area contributed by atoms with E-state index in [1.54, 1.807) is 0 Å². The van der Waals surface area contributed by atoms with Crippen molar-refractivity contribution in [1.82, 2.24) is 0 Å². The third-order valence-electron chi connectivity index (χ3n) is 2.86. The predicted molar refractivity (Wildman–Crippen MR) is 44.4 cm³/mol. The van der Waals surface area contributed by atoms with E-state index in [2.05, 4.69) is 0 Å². The molecule has 1 N–H and O–H groups in total. The second-order valence-corrected chi connectivity index (χ2v) is 4.43. The van der Waals surface area contributed by atoms with Crippen LogP contribution in [0.5, 0.6) is 0 Å². The molecule has 5 heteroatoms. The van der Waals surface area contributed by atoms with E-state index in [9.17, 15) is 5.11 Å². The van der Waals surface area contributed by atoms with Crippen molar-refractivity contribution in [2.45, 2.75) is 50.3 Å². The van der Waals surface area contributed by atoms with Crippen molar-refractivity contribution >= 4 is 0 Å². The summed E-state index contributed by atoms with van der Waals surface area (Å²) in [5.41, 5.74) is 0. The zero-order valence-electron chi connectivity index (χ0n) is 8.17. The maximum absolute atomic E-state index is 9.63. The molecule has 3 aliphatic heterocycles. The topological polar surface area (TPSA) is 57.2 Å². The molecule has 3 heterocycles. The van der Waals surface area contributed by atoms with Gasteiger partial charge in [0.25, 0.3) is 0 Å². The van der Waals surface area contributed by atoms with Crippen LogP contribution in [0, 0.1) is 0 Å². The summed E-state index contributed by atoms with van der Waals surface area (Å²) in [6, 6.07) is 0. The van der Waals surface area contributed by atoms with Gasteiger partial charge < -0.3 is 24.1 Å². The lowest BCUT2D eigenvalue weighted by Crippen LogP contribution is -2.43. The van der Waals surface area contributed by atoms with Crippen molar-refractivity contribution in [2.75, 3.05) is 6.61 Å². The molecule has 3 fully saturated rings. The predicted octanol–water partition coefficient (Wildman–Crippen LogP) is -0.378. The van der Waals surface area contributed by atoms with Gasteiger partial charge in [0.1, 0.15) is 24.4 Å². The van der Waals surface area contributed by atoms with E-state index in [-0.39, 0.29) is 24.6 Å². The van der Waals surface area contributed by atoms with Crippen molar-refractivity contribution in [3.8, 4) is 0 Å². The van der Waals surface area contributed by atoms with E-state index < -0.39 is 11.9 Å². The van der Waals surface area contributed by atoms with Gasteiger partial charge in [0.15, 0.2) is 12.1 Å². The SMILES string of the molecule is CC1(C)O[C@@H]2[C@H](O1)[C@@H]1OC[C@H](O)[C@H]2O1. The molecule has 2 bridgehead atoms. The summed E-state index contributed by atoms with van der Waals surface area (Å²) in [5.74, 6) is -0.601. The zero-order valence-corrected chi connectivity index (χ0v) is 8.17. The lowest BCUT2D eigenvalue weighted by atomic mass is 10.1. The largest absolute Gasteiger partial charge is 0.388 e. The number of aliphatic hydroxyl groups excluding tert-OH is 1. The van der Waals surface area contributed by atoms with Gasteiger partial charge in [0, 0.05) is 0 Å². The molecule has 0 aromatic rings. The molecular weight excluding hydrogens is 188 g/mol. The lowest BCUT2D eigenvalue weighted by Gasteiger charge is -2.30. The van der Waals surface area contributed by atoms with Crippen LogP contribution in [-0.2, 0) is 18.9 Å². The second-order valence-electron chi connectivity index (χ2n) is 4.43. The Morgan fingerprint density at radius 2 is 1.86 bits per heavy atom. The number of hydrogen-bond donors (Lipinski definition) is 1. The Balaban J connectivity index is 1.87. The quantitative estimate of drug-likeness (QED) is 0.580. The fraction of sp³-hybridized carbons (Fsp3) is 1.00. The molecule has 14 heavy (non-hydrogen) atoms. The zero-order chi connectivity index (χ0) is 9.92. The normalized spacial score (nSPS) is 54.6. The third kappa shape index (κ3) is 1.14. The molecule has 3 rings (SSSR count). The first-order valence-electron chi connectivity index (χ1n) is 4.88. The molecule has 5 nitrogen and oxygen atoms in total. The van der Waals surface area contributed by atoms with Gasteiger partial charge in [-0.25, -0.2) is 0 Å². The highest BCUT2D eigenvalue weighted by molar-refractivity contribution is 5.00. The molecule has 0 amide bonds. The third-order valence-corrected chi connectivity index (χ3v) is 2.86. The van der Waals surface area contributed by atoms with Crippen LogP contribution in [0.25, 0.3) is 0 Å². The number of fused-ring (bicyclic) bond motifs is 5. The van der Waals surface area contributed by atoms with E-state index in [4.69, 9.17) is 18.9 Å². The highest BCUT2D eigenvalue weighted by Crippen LogP contribution is 2.42. The first kappa shape index (κ1) is 9.06. The Hall–Kier alpha value is -0.200. The summed E-state index contributed by atoms with van der Waals surface area (Å²) < 4.78 is 22.1. The van der Waals surface area contributed by atoms with Gasteiger partial charge in [0.05, 0.1) is 6.61 Å². The first-order chi connectivity index (χ1) is 6.57. The van der Waals surface area contributed by atoms with Gasteiger partial charge in [-0.05, 0) is 13.8 Å². The fourth-order valence-corrected chi connectivity index (χ4v) is 2.32. The molecule has 0 aromatic heterocycles. The minimum absolute atomic E-state index is 0.201. The van der Waals surface area contributed by atoms with Crippen LogP contribution < -0.4 is 0 Å². The minimum Gasteiger partial charge on any atom is -0.388 e. The van der Waals surface area contributed by atoms with Crippen molar-refractivity contribution in [1.29, 1.82) is 0 Å². The monoisotopic (exact) mass is 202 g/mol. The van der Waals surface area contributed by atoms with E-state index in [0.717, 1.165) is 0 Å². The van der Waals surface area contributed by atoms with Crippen LogP contribution in [0.4, 0.5) is 0 Å². The summed E-state index contributed by atoms with van der Waals surface area (Å²) in [7, 11) is 0. The Morgan fingerprint density at radius 1 is 1.14 bits per heavy atom. The second kappa shape index (κ2) is 2.68. The Bertz CT molecular complexity index is 254. The van der Waals surface area contributed by atoms with Crippen LogP contribution in [0.3, 0.4) is 0 Å². The summed E-state index contributed by atoms with van der Waals surface area (Å²) in [6.45, 7) is 4.01. The highest BCUT2D eigenvalue weighted by atomic mass is 16.8. The standard InChI is InChI=1S/C9H14O5/c1-9(2)13-6-5-4(10)3-11-8(12-5)7(6)14-9/h4-8,10H,3H2,1-2H3/t4-,5+,6-,7-,8+/m0/s1. The van der Waals surface area contributed by atoms with Crippen molar-refractivity contribution in [3.63, 3.8) is 0 Å². The van der Waals surface area contributed by atoms with Crippen molar-refractivity contribution < 1.29 is 24.1 Å². The molecule has 0 aliphatic carbocycles. The molecule has 80 valence electrons. The molecule has 0 saturated carbocycles. The summed E-state index contributed by atoms with van der Waals surface area (Å²) >= 11 is 0. The van der Waals surface area contributed by atoms with Crippen LogP contribution >= 0.6 is 0 Å². The summed E-state index contributed by atoms with van der Waals surface area (Å²) in [6.07, 6.45) is -1.70. The average molecular weight is 202 g/mol. The van der Waals surface area contributed by atoms with Gasteiger partial charge >= 0.3 is 0 Å². The van der Waals surface area contributed by atoms with Gasteiger partial charge in [-0.2, -0.15) is 0 Å². The molecule has 0 radical (unpaired) electrons. The molecule has 0 unspecified atom stereocenters. The van der Waals surface area contributed by atoms with Gasteiger partial charge in [0.2, 0.25) is 0 Å². The number of rotatable bonds is 0. The van der Waals surface area contributed by atoms with Crippen molar-refractivity contribution in [2.24, 2.45) is 0 Å². The Labute approximate surface area is 81.9 Å². The maximum atomic E-state index is 9.63. The van der Waals surface area contributed by atoms with E-state index in [1.165, 1.54) is 0 Å². The van der Waals surface area contributed by atoms with Crippen LogP contribution in [-0.4, -0.2) is 48.2 Å². The van der Waals surface area contributed by atoms with Gasteiger partial charge in [-0.15, -0.1) is 0 Å². The van der Waals surface area contributed by atoms with Gasteiger partial charge in [-0.3, -0.25) is 0 Å². The maximum Gasteiger partial charge on any atom is 0.187 e. The van der Waals surface area contributed by atoms with Crippen LogP contribution in [0.15, 0.2) is 0 Å². The number of hydrogen-bond acceptors (Lipinski definition) is 5. The minimum atomic E-state index is -0.612. The van der Waals surface area contributed by atoms with Crippen LogP contribution in [0.2, 0.25) is 0 Å². The van der Waals surface area contributed by atoms with Gasteiger partial charge in [-0.1, -0.05) is 0 Å². The molecule has 5 atom stereocenters. The molecule has 3 saturated heterocycles. The number of ether oxygens (including phenoxy) is 4. The average Bonchev–Trinajstić information content (AvgIpc) is 2.53. The molecule has 0 spiro atoms. The highest BCUT2D eigenvalue weighted by Gasteiger charge is 2.59. The van der Waals surface area contributed by atoms with Crippen molar-refractivity contribution in [3.05, 3.63) is 0 Å². The Kier molecular flexibility index (Phi) is 1.73. The van der Waals surface area contributed by atoms with E-state index in [0.29, 0.717) is 6.61 Å². The molecule has 0 aromatic carbocycles.